The minimum Gasteiger partial charge on any atom is -0.347 e. The van der Waals surface area contributed by atoms with Crippen LogP contribution in [0.4, 0.5) is 13.2 Å². The maximum Gasteiger partial charge on any atom is 0.254 e. The van der Waals surface area contributed by atoms with E-state index in [1.807, 2.05) is 0 Å². The molecule has 0 aromatic heterocycles. The summed E-state index contributed by atoms with van der Waals surface area (Å²) >= 11 is 0. The van der Waals surface area contributed by atoms with Crippen LogP contribution >= 0.6 is 0 Å². The van der Waals surface area contributed by atoms with Crippen molar-refractivity contribution in [3.05, 3.63) is 35.1 Å². The Morgan fingerprint density at radius 1 is 1.05 bits per heavy atom. The molecule has 114 valence electrons. The second kappa shape index (κ2) is 5.31. The van der Waals surface area contributed by atoms with Gasteiger partial charge in [-0.05, 0) is 12.1 Å². The van der Waals surface area contributed by atoms with Crippen LogP contribution in [0.5, 0.6) is 0 Å². The summed E-state index contributed by atoms with van der Waals surface area (Å²) in [6.07, 6.45) is 1.01. The van der Waals surface area contributed by atoms with Crippen LogP contribution in [-0.4, -0.2) is 42.9 Å². The number of hydrogen-bond donors (Lipinski definition) is 0. The molecular formula is C14H14F3NO3. The second-order valence-electron chi connectivity index (χ2n) is 5.15. The van der Waals surface area contributed by atoms with Gasteiger partial charge in [-0.15, -0.1) is 0 Å². The molecule has 2 aliphatic heterocycles. The van der Waals surface area contributed by atoms with Gasteiger partial charge in [-0.2, -0.15) is 0 Å². The fourth-order valence-electron chi connectivity index (χ4n) is 2.70. The molecule has 2 fully saturated rings. The van der Waals surface area contributed by atoms with Gasteiger partial charge in [-0.3, -0.25) is 4.79 Å². The molecule has 3 rings (SSSR count). The van der Waals surface area contributed by atoms with Crippen LogP contribution < -0.4 is 0 Å². The van der Waals surface area contributed by atoms with Crippen LogP contribution in [0, 0.1) is 17.5 Å². The number of benzene rings is 1. The van der Waals surface area contributed by atoms with Crippen molar-refractivity contribution in [1.82, 2.24) is 4.90 Å². The number of nitrogens with zero attached hydrogens (tertiary/aromatic N) is 1. The Morgan fingerprint density at radius 2 is 1.57 bits per heavy atom. The molecule has 0 unspecified atom stereocenters. The van der Waals surface area contributed by atoms with E-state index in [-0.39, 0.29) is 5.56 Å². The Labute approximate surface area is 119 Å². The first kappa shape index (κ1) is 14.3. The predicted octanol–water partition coefficient (Wildman–Crippen LogP) is 2.08. The summed E-state index contributed by atoms with van der Waals surface area (Å²) in [5.74, 6) is -5.46. The summed E-state index contributed by atoms with van der Waals surface area (Å²) in [6.45, 7) is 1.78. The molecule has 1 aromatic rings. The fraction of sp³-hybridized carbons (Fsp3) is 0.500. The van der Waals surface area contributed by atoms with Crippen LogP contribution in [0.15, 0.2) is 12.1 Å². The average Bonchev–Trinajstić information content (AvgIpc) is 2.92. The zero-order valence-electron chi connectivity index (χ0n) is 11.2. The summed E-state index contributed by atoms with van der Waals surface area (Å²) in [5, 5.41) is 0. The van der Waals surface area contributed by atoms with E-state index < -0.39 is 29.1 Å². The number of amides is 1. The van der Waals surface area contributed by atoms with E-state index in [0.717, 1.165) is 0 Å². The molecule has 0 radical (unpaired) electrons. The highest BCUT2D eigenvalue weighted by Gasteiger charge is 2.41. The number of halogens is 3. The van der Waals surface area contributed by atoms with Gasteiger partial charge in [0.05, 0.1) is 13.2 Å². The zero-order chi connectivity index (χ0) is 15.0. The van der Waals surface area contributed by atoms with Crippen molar-refractivity contribution in [2.75, 3.05) is 26.3 Å². The Kier molecular flexibility index (Phi) is 3.62. The summed E-state index contributed by atoms with van der Waals surface area (Å²) in [6, 6.07) is 1.43. The maximum atomic E-state index is 13.2. The van der Waals surface area contributed by atoms with Crippen LogP contribution in [-0.2, 0) is 9.47 Å². The normalized spacial score (nSPS) is 21.0. The predicted molar refractivity (Wildman–Crippen MR) is 66.1 cm³/mol. The standard InChI is InChI=1S/C14H14F3NO3/c15-10-7-9(8-11(16)12(10)17)13(19)18-3-1-14(2-4-18)20-5-6-21-14/h7-8H,1-6H2. The summed E-state index contributed by atoms with van der Waals surface area (Å²) in [4.78, 5) is 13.7. The van der Waals surface area contributed by atoms with Crippen LogP contribution in [0.2, 0.25) is 0 Å². The number of carbonyl (C=O) groups is 1. The molecule has 0 bridgehead atoms. The largest absolute Gasteiger partial charge is 0.347 e. The van der Waals surface area contributed by atoms with Gasteiger partial charge in [0.1, 0.15) is 0 Å². The van der Waals surface area contributed by atoms with Crippen LogP contribution in [0.25, 0.3) is 0 Å². The lowest BCUT2D eigenvalue weighted by atomic mass is 10.0. The topological polar surface area (TPSA) is 38.8 Å². The minimum atomic E-state index is -1.57. The van der Waals surface area contributed by atoms with Crippen molar-refractivity contribution in [1.29, 1.82) is 0 Å². The highest BCUT2D eigenvalue weighted by Crippen LogP contribution is 2.31. The molecule has 2 saturated heterocycles. The van der Waals surface area contributed by atoms with Gasteiger partial charge in [-0.25, -0.2) is 13.2 Å². The zero-order valence-corrected chi connectivity index (χ0v) is 11.2. The molecule has 2 aliphatic rings. The van der Waals surface area contributed by atoms with E-state index in [4.69, 9.17) is 9.47 Å². The second-order valence-corrected chi connectivity index (χ2v) is 5.15. The SMILES string of the molecule is O=C(c1cc(F)c(F)c(F)c1)N1CCC2(CC1)OCCO2. The number of piperidine rings is 1. The average molecular weight is 301 g/mol. The lowest BCUT2D eigenvalue weighted by Crippen LogP contribution is -2.47. The summed E-state index contributed by atoms with van der Waals surface area (Å²) in [7, 11) is 0. The monoisotopic (exact) mass is 301 g/mol. The number of carbonyl (C=O) groups excluding carboxylic acids is 1. The van der Waals surface area contributed by atoms with Crippen LogP contribution in [0.3, 0.4) is 0 Å². The summed E-state index contributed by atoms with van der Waals surface area (Å²) < 4.78 is 50.4. The molecule has 0 aliphatic carbocycles. The molecule has 21 heavy (non-hydrogen) atoms. The van der Waals surface area contributed by atoms with E-state index >= 15 is 0 Å². The Morgan fingerprint density at radius 3 is 2.10 bits per heavy atom. The van der Waals surface area contributed by atoms with Gasteiger partial charge in [0, 0.05) is 31.5 Å². The van der Waals surface area contributed by atoms with Crippen molar-refractivity contribution in [3.8, 4) is 0 Å². The first-order valence-corrected chi connectivity index (χ1v) is 6.72. The molecule has 0 N–H and O–H groups in total. The van der Waals surface area contributed by atoms with E-state index in [2.05, 4.69) is 0 Å². The Balaban J connectivity index is 1.72. The maximum absolute atomic E-state index is 13.2. The first-order chi connectivity index (χ1) is 10.0. The van der Waals surface area contributed by atoms with Gasteiger partial charge in [-0.1, -0.05) is 0 Å². The molecule has 4 nitrogen and oxygen atoms in total. The third kappa shape index (κ3) is 2.63. The number of rotatable bonds is 1. The third-order valence-electron chi connectivity index (χ3n) is 3.86. The molecule has 0 atom stereocenters. The molecule has 1 aromatic carbocycles. The quantitative estimate of drug-likeness (QED) is 0.746. The Hall–Kier alpha value is -1.60. The van der Waals surface area contributed by atoms with Gasteiger partial charge in [0.25, 0.3) is 5.91 Å². The molecular weight excluding hydrogens is 287 g/mol. The van der Waals surface area contributed by atoms with Crippen molar-refractivity contribution >= 4 is 5.91 Å². The number of hydrogen-bond acceptors (Lipinski definition) is 3. The smallest absolute Gasteiger partial charge is 0.254 e. The molecule has 2 heterocycles. The van der Waals surface area contributed by atoms with Crippen molar-refractivity contribution in [2.45, 2.75) is 18.6 Å². The lowest BCUT2D eigenvalue weighted by molar-refractivity contribution is -0.181. The lowest BCUT2D eigenvalue weighted by Gasteiger charge is -2.37. The van der Waals surface area contributed by atoms with Gasteiger partial charge in [0.15, 0.2) is 23.2 Å². The van der Waals surface area contributed by atoms with E-state index in [1.165, 1.54) is 4.90 Å². The number of likely N-dealkylation sites (tertiary alicyclic amines) is 1. The first-order valence-electron chi connectivity index (χ1n) is 6.72. The van der Waals surface area contributed by atoms with Gasteiger partial charge < -0.3 is 14.4 Å². The van der Waals surface area contributed by atoms with E-state index in [0.29, 0.717) is 51.3 Å². The molecule has 7 heteroatoms. The molecule has 0 saturated carbocycles. The Bertz CT molecular complexity index is 540. The third-order valence-corrected chi connectivity index (χ3v) is 3.86. The molecule has 1 amide bonds. The van der Waals surface area contributed by atoms with Crippen molar-refractivity contribution in [3.63, 3.8) is 0 Å². The van der Waals surface area contributed by atoms with Crippen LogP contribution in [0.1, 0.15) is 23.2 Å². The van der Waals surface area contributed by atoms with E-state index in [9.17, 15) is 18.0 Å². The van der Waals surface area contributed by atoms with Crippen molar-refractivity contribution in [2.24, 2.45) is 0 Å². The highest BCUT2D eigenvalue weighted by atomic mass is 19.2. The highest BCUT2D eigenvalue weighted by molar-refractivity contribution is 5.94. The van der Waals surface area contributed by atoms with Gasteiger partial charge >= 0.3 is 0 Å². The van der Waals surface area contributed by atoms with Gasteiger partial charge in [0.2, 0.25) is 0 Å². The fourth-order valence-corrected chi connectivity index (χ4v) is 2.70. The summed E-state index contributed by atoms with van der Waals surface area (Å²) in [5.41, 5.74) is -0.199. The number of ether oxygens (including phenoxy) is 2. The minimum absolute atomic E-state index is 0.199. The molecule has 1 spiro atoms. The van der Waals surface area contributed by atoms with E-state index in [1.54, 1.807) is 0 Å². The van der Waals surface area contributed by atoms with Crippen molar-refractivity contribution < 1.29 is 27.4 Å².